The van der Waals surface area contributed by atoms with Gasteiger partial charge in [0.05, 0.1) is 0 Å². The van der Waals surface area contributed by atoms with Crippen LogP contribution in [0.25, 0.3) is 0 Å². The Morgan fingerprint density at radius 1 is 1.83 bits per heavy atom. The van der Waals surface area contributed by atoms with E-state index in [0.717, 1.165) is 6.92 Å². The average Bonchev–Trinajstić information content (AvgIpc) is 0.811. The van der Waals surface area contributed by atoms with E-state index in [4.69, 9.17) is 9.90 Å². The van der Waals surface area contributed by atoms with E-state index in [-0.39, 0.29) is 39.3 Å². The molecule has 0 saturated heterocycles. The third-order valence-corrected chi connectivity index (χ3v) is 0. The zero-order valence-corrected chi connectivity index (χ0v) is 5.80. The molecule has 0 aliphatic carbocycles. The molecule has 0 rings (SSSR count). The summed E-state index contributed by atoms with van der Waals surface area (Å²) in [5.74, 6) is -0.833. The van der Waals surface area contributed by atoms with Gasteiger partial charge in [-0.1, -0.05) is 0 Å². The number of carboxylic acid groups (broad SMARTS) is 1. The van der Waals surface area contributed by atoms with Crippen LogP contribution in [0.5, 0.6) is 0 Å². The first-order chi connectivity index (χ1) is 1.73. The Morgan fingerprint density at radius 3 is 1.83 bits per heavy atom. The summed E-state index contributed by atoms with van der Waals surface area (Å²) < 4.78 is 0. The second kappa shape index (κ2) is 9.06. The predicted octanol–water partition coefficient (Wildman–Crippen LogP) is -2.34. The van der Waals surface area contributed by atoms with Crippen LogP contribution in [0.2, 0.25) is 0 Å². The van der Waals surface area contributed by atoms with Gasteiger partial charge in [-0.05, 0) is 0 Å². The average molecular weight is 109 g/mol. The van der Waals surface area contributed by atoms with E-state index in [9.17, 15) is 0 Å². The molecule has 0 atom stereocenters. The van der Waals surface area contributed by atoms with Gasteiger partial charge in [0.15, 0.2) is 0 Å². The standard InChI is InChI=1S/C2H4O2.Na.H2O.3H2/c1-2(3)4;;;;;/h1H3,(H,3,4);;1H2;3*1H/q;+1;;;;/p-1/i;;;3*1+1. The summed E-state index contributed by atoms with van der Waals surface area (Å²) in [6.45, 7) is 1.08. The topological polar surface area (TPSA) is 67.3 Å². The predicted molar refractivity (Wildman–Crippen MR) is 21.6 cm³/mol. The molecule has 0 aliphatic rings. The maximum Gasteiger partial charge on any atom is 1.00 e. The molecule has 0 aromatic heterocycles. The van der Waals surface area contributed by atoms with Crippen LogP contribution in [0.3, 0.4) is 0 Å². The molecule has 0 saturated carbocycles. The number of hydrogen-bond donors (Lipinski definition) is 1. The summed E-state index contributed by atoms with van der Waals surface area (Å²) >= 11 is 0. The molecular formula is C2H11NaO3. The molecule has 0 spiro atoms. The first-order valence-electron chi connectivity index (χ1n) is 0.928. The van der Waals surface area contributed by atoms with Gasteiger partial charge < -0.3 is 10.6 Å². The van der Waals surface area contributed by atoms with E-state index >= 15 is 0 Å². The minimum atomic E-state index is -0.833. The van der Waals surface area contributed by atoms with Gasteiger partial charge in [-0.15, -0.1) is 0 Å². The molecule has 0 fully saturated rings. The Balaban J connectivity index is -0.00000000450. The molecule has 3 nitrogen and oxygen atoms in total. The van der Waals surface area contributed by atoms with Crippen molar-refractivity contribution in [1.29, 1.82) is 0 Å². The number of hydrogen-bond acceptors (Lipinski definition) is 2. The van der Waals surface area contributed by atoms with E-state index in [2.05, 4.69) is 0 Å². The third-order valence-electron chi connectivity index (χ3n) is 0. The number of rotatable bonds is 0. The molecule has 0 unspecified atom stereocenters. The van der Waals surface area contributed by atoms with Crippen LogP contribution in [-0.4, -0.2) is 16.6 Å². The third kappa shape index (κ3) is 282. The van der Waals surface area contributed by atoms with Crippen molar-refractivity contribution in [2.45, 2.75) is 6.92 Å². The van der Waals surface area contributed by atoms with Crippen LogP contribution in [0.4, 0.5) is 0 Å². The smallest absolute Gasteiger partial charge is 0.870 e. The van der Waals surface area contributed by atoms with Gasteiger partial charge in [0, 0.05) is 11.2 Å². The zero-order valence-electron chi connectivity index (χ0n) is 3.80. The van der Waals surface area contributed by atoms with Gasteiger partial charge in [-0.3, -0.25) is 4.79 Å². The van der Waals surface area contributed by atoms with E-state index in [0.29, 0.717) is 0 Å². The molecule has 4 heteroatoms. The second-order valence-corrected chi connectivity index (χ2v) is 0.519. The normalized spacial score (nSPS) is 4.17. The number of aliphatic carboxylic acids is 1. The Morgan fingerprint density at radius 2 is 1.83 bits per heavy atom. The molecule has 2 N–H and O–H groups in total. The molecule has 0 amide bonds. The quantitative estimate of drug-likeness (QED) is 0.354. The fraction of sp³-hybridized carbons (Fsp3) is 0.500. The van der Waals surface area contributed by atoms with Crippen LogP contribution in [0.15, 0.2) is 0 Å². The van der Waals surface area contributed by atoms with Crippen LogP contribution in [-0.2, 0) is 4.79 Å². The van der Waals surface area contributed by atoms with Gasteiger partial charge in [-0.2, -0.15) is 0 Å². The van der Waals surface area contributed by atoms with Gasteiger partial charge in [0.25, 0.3) is 5.97 Å². The molecule has 0 aromatic carbocycles. The maximum absolute atomic E-state index is 9.00. The molecule has 0 aromatic rings. The summed E-state index contributed by atoms with van der Waals surface area (Å²) in [7, 11) is 0. The van der Waals surface area contributed by atoms with Crippen molar-refractivity contribution in [1.82, 2.24) is 0 Å². The monoisotopic (exact) mass is 109 g/mol. The minimum Gasteiger partial charge on any atom is -0.870 e. The summed E-state index contributed by atoms with van der Waals surface area (Å²) in [5, 5.41) is 7.42. The van der Waals surface area contributed by atoms with Crippen LogP contribution >= 0.6 is 0 Å². The minimum absolute atomic E-state index is 0. The first-order valence-corrected chi connectivity index (χ1v) is 0.928. The SMILES string of the molecule is CC(=O)O.[2HH].[2HH].[2HH].[Na+].[OH-]. The second-order valence-electron chi connectivity index (χ2n) is 0.519. The molecule has 0 heterocycles. The Hall–Kier alpha value is 0.430. The van der Waals surface area contributed by atoms with Crippen LogP contribution in [0.1, 0.15) is 11.2 Å². The van der Waals surface area contributed by atoms with Gasteiger partial charge in [-0.25, -0.2) is 0 Å². The molecule has 0 radical (unpaired) electrons. The van der Waals surface area contributed by atoms with Crippen molar-refractivity contribution in [2.24, 2.45) is 0 Å². The van der Waals surface area contributed by atoms with Crippen molar-refractivity contribution < 1.29 is 49.2 Å². The zero-order chi connectivity index (χ0) is 3.58. The molecule has 0 bridgehead atoms. The number of carboxylic acids is 1. The van der Waals surface area contributed by atoms with E-state index in [1.165, 1.54) is 0 Å². The van der Waals surface area contributed by atoms with E-state index in [1.54, 1.807) is 0 Å². The number of carbonyl (C=O) groups is 1. The summed E-state index contributed by atoms with van der Waals surface area (Å²) in [6, 6.07) is 0. The Kier molecular flexibility index (Phi) is 24.3. The molecule has 0 aliphatic heterocycles. The van der Waals surface area contributed by atoms with Gasteiger partial charge >= 0.3 is 29.6 Å². The van der Waals surface area contributed by atoms with Crippen molar-refractivity contribution in [3.63, 3.8) is 0 Å². The fourth-order valence-corrected chi connectivity index (χ4v) is 0. The van der Waals surface area contributed by atoms with Crippen molar-refractivity contribution in [2.75, 3.05) is 0 Å². The summed E-state index contributed by atoms with van der Waals surface area (Å²) in [6.07, 6.45) is 0. The van der Waals surface area contributed by atoms with Crippen molar-refractivity contribution in [3.8, 4) is 0 Å². The largest absolute Gasteiger partial charge is 1.00 e. The van der Waals surface area contributed by atoms with Gasteiger partial charge in [0.2, 0.25) is 0 Å². The summed E-state index contributed by atoms with van der Waals surface area (Å²) in [4.78, 5) is 9.00. The Labute approximate surface area is 62.4 Å². The van der Waals surface area contributed by atoms with E-state index in [1.807, 2.05) is 0 Å². The first kappa shape index (κ1) is 16.1. The molecular weight excluding hydrogens is 95.0 g/mol. The van der Waals surface area contributed by atoms with Crippen LogP contribution in [0, 0.1) is 0 Å². The van der Waals surface area contributed by atoms with Crippen molar-refractivity contribution in [3.05, 3.63) is 0 Å². The molecule has 6 heavy (non-hydrogen) atoms. The molecule has 38 valence electrons. The van der Waals surface area contributed by atoms with Gasteiger partial charge in [0.1, 0.15) is 0 Å². The van der Waals surface area contributed by atoms with E-state index < -0.39 is 5.97 Å². The maximum atomic E-state index is 9.00. The van der Waals surface area contributed by atoms with Crippen molar-refractivity contribution >= 4 is 5.97 Å². The summed E-state index contributed by atoms with van der Waals surface area (Å²) in [5.41, 5.74) is 0. The fourth-order valence-electron chi connectivity index (χ4n) is 0. The van der Waals surface area contributed by atoms with Crippen LogP contribution < -0.4 is 29.6 Å². The Bertz CT molecular complexity index is 40.0.